The Bertz CT molecular complexity index is 151. The van der Waals surface area contributed by atoms with Gasteiger partial charge >= 0.3 is 6.18 Å². The van der Waals surface area contributed by atoms with Crippen LogP contribution in [-0.2, 0) is 0 Å². The van der Waals surface area contributed by atoms with Gasteiger partial charge in [-0.25, -0.2) is 0 Å². The molecular weight excluding hydrogens is 179 g/mol. The summed E-state index contributed by atoms with van der Waals surface area (Å²) in [6.45, 7) is 0. The molecule has 0 aromatic rings. The second-order valence-corrected chi connectivity index (χ2v) is 3.95. The van der Waals surface area contributed by atoms with Crippen LogP contribution in [0.5, 0.6) is 0 Å². The van der Waals surface area contributed by atoms with E-state index in [1.165, 1.54) is 12.8 Å². The molecule has 0 radical (unpaired) electrons. The smallest absolute Gasteiger partial charge is 0.328 e. The zero-order valence-electron chi connectivity index (χ0n) is 7.61. The minimum absolute atomic E-state index is 0.0187. The molecule has 1 nitrogen and oxygen atoms in total. The molecular formula is C9H16F3N. The predicted molar refractivity (Wildman–Crippen MR) is 45.2 cm³/mol. The number of nitrogens with two attached hydrogens (primary N) is 1. The fraction of sp³-hybridized carbons (Fsp3) is 1.00. The molecule has 1 rings (SSSR count). The van der Waals surface area contributed by atoms with Crippen LogP contribution in [0.15, 0.2) is 0 Å². The molecule has 0 saturated heterocycles. The number of hydrogen-bond acceptors (Lipinski definition) is 1. The molecule has 78 valence electrons. The zero-order chi connectivity index (χ0) is 9.90. The van der Waals surface area contributed by atoms with Crippen molar-refractivity contribution in [3.63, 3.8) is 0 Å². The number of halogens is 3. The Kier molecular flexibility index (Phi) is 3.59. The van der Waals surface area contributed by atoms with E-state index in [4.69, 9.17) is 5.73 Å². The summed E-state index contributed by atoms with van der Waals surface area (Å²) < 4.78 is 35.2. The van der Waals surface area contributed by atoms with Gasteiger partial charge in [-0.2, -0.15) is 13.2 Å². The van der Waals surface area contributed by atoms with Gasteiger partial charge in [0.15, 0.2) is 0 Å². The van der Waals surface area contributed by atoms with Crippen LogP contribution >= 0.6 is 0 Å². The van der Waals surface area contributed by atoms with Crippen LogP contribution in [0.4, 0.5) is 13.2 Å². The average Bonchev–Trinajstić information content (AvgIpc) is 2.68. The lowest BCUT2D eigenvalue weighted by Crippen LogP contribution is -2.21. The predicted octanol–water partition coefficient (Wildman–Crippen LogP) is 2.85. The molecule has 0 aromatic heterocycles. The molecule has 1 aliphatic rings. The summed E-state index contributed by atoms with van der Waals surface area (Å²) in [6.07, 6.45) is -0.671. The molecule has 0 bridgehead atoms. The van der Waals surface area contributed by atoms with E-state index in [0.29, 0.717) is 12.3 Å². The first-order valence-electron chi connectivity index (χ1n) is 4.80. The van der Waals surface area contributed by atoms with Crippen molar-refractivity contribution in [1.82, 2.24) is 0 Å². The topological polar surface area (TPSA) is 26.0 Å². The van der Waals surface area contributed by atoms with Crippen LogP contribution in [0.3, 0.4) is 0 Å². The van der Waals surface area contributed by atoms with Crippen LogP contribution in [0, 0.1) is 5.92 Å². The van der Waals surface area contributed by atoms with Gasteiger partial charge in [-0.15, -0.1) is 0 Å². The Morgan fingerprint density at radius 3 is 2.38 bits per heavy atom. The quantitative estimate of drug-likeness (QED) is 0.717. The lowest BCUT2D eigenvalue weighted by molar-refractivity contribution is -0.135. The minimum Gasteiger partial charge on any atom is -0.328 e. The van der Waals surface area contributed by atoms with Gasteiger partial charge < -0.3 is 5.73 Å². The number of alkyl halides is 3. The van der Waals surface area contributed by atoms with Crippen molar-refractivity contribution in [2.45, 2.75) is 50.7 Å². The Morgan fingerprint density at radius 1 is 1.31 bits per heavy atom. The van der Waals surface area contributed by atoms with Crippen molar-refractivity contribution in [3.8, 4) is 0 Å². The van der Waals surface area contributed by atoms with Crippen molar-refractivity contribution in [3.05, 3.63) is 0 Å². The van der Waals surface area contributed by atoms with Gasteiger partial charge in [0, 0.05) is 12.5 Å². The highest BCUT2D eigenvalue weighted by Crippen LogP contribution is 2.34. The summed E-state index contributed by atoms with van der Waals surface area (Å²) in [6, 6.07) is -0.0187. The van der Waals surface area contributed by atoms with Crippen LogP contribution in [0.2, 0.25) is 0 Å². The molecule has 0 aromatic carbocycles. The van der Waals surface area contributed by atoms with Crippen molar-refractivity contribution >= 4 is 0 Å². The second-order valence-electron chi connectivity index (χ2n) is 3.95. The largest absolute Gasteiger partial charge is 0.389 e. The third-order valence-corrected chi connectivity index (χ3v) is 2.37. The molecule has 1 fully saturated rings. The lowest BCUT2D eigenvalue weighted by Gasteiger charge is -2.11. The van der Waals surface area contributed by atoms with E-state index in [2.05, 4.69) is 0 Å². The summed E-state index contributed by atoms with van der Waals surface area (Å²) in [5.74, 6) is 0.709. The first-order valence-corrected chi connectivity index (χ1v) is 4.80. The molecule has 1 saturated carbocycles. The molecule has 1 atom stereocenters. The SMILES string of the molecule is NC(CCCC(F)(F)F)CC1CC1. The molecule has 0 amide bonds. The van der Waals surface area contributed by atoms with Gasteiger partial charge in [0.25, 0.3) is 0 Å². The molecule has 13 heavy (non-hydrogen) atoms. The Morgan fingerprint density at radius 2 is 1.92 bits per heavy atom. The fourth-order valence-corrected chi connectivity index (χ4v) is 1.46. The van der Waals surface area contributed by atoms with Gasteiger partial charge in [-0.05, 0) is 25.2 Å². The van der Waals surface area contributed by atoms with Crippen LogP contribution in [0.25, 0.3) is 0 Å². The Labute approximate surface area is 76.5 Å². The highest BCUT2D eigenvalue weighted by atomic mass is 19.4. The van der Waals surface area contributed by atoms with E-state index in [9.17, 15) is 13.2 Å². The summed E-state index contributed by atoms with van der Waals surface area (Å²) in [5, 5.41) is 0. The molecule has 0 aliphatic heterocycles. The van der Waals surface area contributed by atoms with E-state index < -0.39 is 12.6 Å². The van der Waals surface area contributed by atoms with Crippen LogP contribution in [-0.4, -0.2) is 12.2 Å². The second kappa shape index (κ2) is 4.31. The first kappa shape index (κ1) is 10.8. The maximum Gasteiger partial charge on any atom is 0.389 e. The Balaban J connectivity index is 1.97. The monoisotopic (exact) mass is 195 g/mol. The highest BCUT2D eigenvalue weighted by molar-refractivity contribution is 4.78. The van der Waals surface area contributed by atoms with Crippen molar-refractivity contribution < 1.29 is 13.2 Å². The van der Waals surface area contributed by atoms with E-state index in [-0.39, 0.29) is 12.5 Å². The van der Waals surface area contributed by atoms with Gasteiger partial charge in [0.2, 0.25) is 0 Å². The zero-order valence-corrected chi connectivity index (χ0v) is 7.61. The van der Waals surface area contributed by atoms with E-state index in [1.807, 2.05) is 0 Å². The minimum atomic E-state index is -4.01. The average molecular weight is 195 g/mol. The van der Waals surface area contributed by atoms with Gasteiger partial charge in [0.1, 0.15) is 0 Å². The molecule has 0 spiro atoms. The summed E-state index contributed by atoms with van der Waals surface area (Å²) in [5.41, 5.74) is 5.68. The van der Waals surface area contributed by atoms with Crippen molar-refractivity contribution in [2.24, 2.45) is 11.7 Å². The molecule has 1 unspecified atom stereocenters. The van der Waals surface area contributed by atoms with E-state index in [0.717, 1.165) is 6.42 Å². The van der Waals surface area contributed by atoms with Crippen molar-refractivity contribution in [1.29, 1.82) is 0 Å². The summed E-state index contributed by atoms with van der Waals surface area (Å²) in [4.78, 5) is 0. The maximum absolute atomic E-state index is 11.7. The van der Waals surface area contributed by atoms with Crippen LogP contribution in [0.1, 0.15) is 38.5 Å². The normalized spacial score (nSPS) is 20.3. The van der Waals surface area contributed by atoms with Crippen LogP contribution < -0.4 is 5.73 Å². The highest BCUT2D eigenvalue weighted by Gasteiger charge is 2.27. The number of hydrogen-bond donors (Lipinski definition) is 1. The molecule has 2 N–H and O–H groups in total. The summed E-state index contributed by atoms with van der Waals surface area (Å²) in [7, 11) is 0. The standard InChI is InChI=1S/C9H16F3N/c10-9(11,12)5-1-2-8(13)6-7-3-4-7/h7-8H,1-6,13H2. The van der Waals surface area contributed by atoms with Gasteiger partial charge in [-0.3, -0.25) is 0 Å². The molecule has 1 aliphatic carbocycles. The first-order chi connectivity index (χ1) is 5.97. The maximum atomic E-state index is 11.7. The van der Waals surface area contributed by atoms with Gasteiger partial charge in [-0.1, -0.05) is 12.8 Å². The van der Waals surface area contributed by atoms with Gasteiger partial charge in [0.05, 0.1) is 0 Å². The fourth-order valence-electron chi connectivity index (χ4n) is 1.46. The molecule has 0 heterocycles. The number of rotatable bonds is 5. The third kappa shape index (κ3) is 5.91. The Hall–Kier alpha value is -0.250. The summed E-state index contributed by atoms with van der Waals surface area (Å²) >= 11 is 0. The third-order valence-electron chi connectivity index (χ3n) is 2.37. The lowest BCUT2D eigenvalue weighted by atomic mass is 10.0. The van der Waals surface area contributed by atoms with E-state index in [1.54, 1.807) is 0 Å². The van der Waals surface area contributed by atoms with E-state index >= 15 is 0 Å². The van der Waals surface area contributed by atoms with Crippen molar-refractivity contribution in [2.75, 3.05) is 0 Å². The molecule has 4 heteroatoms.